The quantitative estimate of drug-likeness (QED) is 0.850. The van der Waals surface area contributed by atoms with Crippen molar-refractivity contribution in [3.05, 3.63) is 21.4 Å². The van der Waals surface area contributed by atoms with Crippen LogP contribution in [0.15, 0.2) is 6.07 Å². The maximum atomic E-state index is 11.8. The summed E-state index contributed by atoms with van der Waals surface area (Å²) in [5.74, 6) is 0.832. The van der Waals surface area contributed by atoms with Gasteiger partial charge in [-0.25, -0.2) is 0 Å². The van der Waals surface area contributed by atoms with Crippen LogP contribution in [0.4, 0.5) is 0 Å². The Labute approximate surface area is 109 Å². The first-order chi connectivity index (χ1) is 7.58. The maximum Gasteiger partial charge on any atom is 0.261 e. The molecule has 0 saturated heterocycles. The molecule has 1 saturated carbocycles. The molecule has 2 rings (SSSR count). The van der Waals surface area contributed by atoms with Crippen molar-refractivity contribution in [1.82, 2.24) is 5.32 Å². The van der Waals surface area contributed by atoms with Crippen LogP contribution in [0.2, 0.25) is 0 Å². The van der Waals surface area contributed by atoms with Gasteiger partial charge in [0, 0.05) is 16.2 Å². The van der Waals surface area contributed by atoms with Crippen LogP contribution in [-0.2, 0) is 0 Å². The Bertz CT molecular complexity index is 378. The van der Waals surface area contributed by atoms with E-state index in [1.807, 2.05) is 19.9 Å². The van der Waals surface area contributed by atoms with Crippen LogP contribution >= 0.6 is 27.3 Å². The number of aryl methyl sites for hydroxylation is 2. The molecule has 1 amide bonds. The van der Waals surface area contributed by atoms with Gasteiger partial charge in [-0.3, -0.25) is 4.79 Å². The van der Waals surface area contributed by atoms with E-state index in [-0.39, 0.29) is 5.91 Å². The predicted octanol–water partition coefficient (Wildman–Crippen LogP) is 3.27. The van der Waals surface area contributed by atoms with Crippen LogP contribution in [0.3, 0.4) is 0 Å². The third kappa shape index (κ3) is 2.86. The van der Waals surface area contributed by atoms with Gasteiger partial charge in [0.2, 0.25) is 0 Å². The summed E-state index contributed by atoms with van der Waals surface area (Å²) in [7, 11) is 0. The highest BCUT2D eigenvalue weighted by Gasteiger charge is 2.29. The minimum Gasteiger partial charge on any atom is -0.350 e. The Morgan fingerprint density at radius 2 is 2.31 bits per heavy atom. The van der Waals surface area contributed by atoms with Gasteiger partial charge in [-0.2, -0.15) is 0 Å². The van der Waals surface area contributed by atoms with Crippen molar-refractivity contribution in [1.29, 1.82) is 0 Å². The fourth-order valence-electron chi connectivity index (χ4n) is 1.59. The standard InChI is InChI=1S/C12H16BrNOS/c1-7-5-11(16-8(7)2)12(15)14-6-10(13)9-3-4-9/h5,9-10H,3-4,6H2,1-2H3,(H,14,15). The van der Waals surface area contributed by atoms with E-state index in [0.29, 0.717) is 4.83 Å². The largest absolute Gasteiger partial charge is 0.350 e. The van der Waals surface area contributed by atoms with Crippen molar-refractivity contribution in [2.24, 2.45) is 5.92 Å². The average molecular weight is 302 g/mol. The second kappa shape index (κ2) is 4.88. The number of rotatable bonds is 4. The lowest BCUT2D eigenvalue weighted by molar-refractivity contribution is 0.0957. The van der Waals surface area contributed by atoms with Crippen LogP contribution in [0, 0.1) is 19.8 Å². The number of carbonyl (C=O) groups excluding carboxylic acids is 1. The molecule has 1 aliphatic carbocycles. The highest BCUT2D eigenvalue weighted by molar-refractivity contribution is 9.09. The van der Waals surface area contributed by atoms with Crippen LogP contribution in [0.1, 0.15) is 33.0 Å². The summed E-state index contributed by atoms with van der Waals surface area (Å²) in [5.41, 5.74) is 1.20. The molecule has 1 aromatic rings. The zero-order chi connectivity index (χ0) is 11.7. The number of amides is 1. The first-order valence-electron chi connectivity index (χ1n) is 5.57. The van der Waals surface area contributed by atoms with Gasteiger partial charge in [0.1, 0.15) is 0 Å². The SMILES string of the molecule is Cc1cc(C(=O)NCC(Br)C2CC2)sc1C. The van der Waals surface area contributed by atoms with Gasteiger partial charge < -0.3 is 5.32 Å². The Morgan fingerprint density at radius 1 is 1.62 bits per heavy atom. The molecule has 1 aliphatic rings. The Kier molecular flexibility index (Phi) is 3.70. The molecule has 1 aromatic heterocycles. The predicted molar refractivity (Wildman–Crippen MR) is 71.6 cm³/mol. The summed E-state index contributed by atoms with van der Waals surface area (Å²) < 4.78 is 0. The van der Waals surface area contributed by atoms with Crippen LogP contribution in [0.25, 0.3) is 0 Å². The second-order valence-electron chi connectivity index (χ2n) is 4.41. The minimum absolute atomic E-state index is 0.0614. The highest BCUT2D eigenvalue weighted by Crippen LogP contribution is 2.36. The van der Waals surface area contributed by atoms with E-state index in [1.165, 1.54) is 23.3 Å². The van der Waals surface area contributed by atoms with Gasteiger partial charge in [-0.1, -0.05) is 15.9 Å². The summed E-state index contributed by atoms with van der Waals surface area (Å²) >= 11 is 5.18. The van der Waals surface area contributed by atoms with E-state index >= 15 is 0 Å². The molecular formula is C12H16BrNOS. The lowest BCUT2D eigenvalue weighted by atomic mass is 10.2. The first-order valence-corrected chi connectivity index (χ1v) is 7.30. The van der Waals surface area contributed by atoms with E-state index in [4.69, 9.17) is 0 Å². The van der Waals surface area contributed by atoms with E-state index in [2.05, 4.69) is 21.2 Å². The van der Waals surface area contributed by atoms with E-state index in [9.17, 15) is 4.79 Å². The molecule has 2 nitrogen and oxygen atoms in total. The van der Waals surface area contributed by atoms with Gasteiger partial charge in [-0.05, 0) is 44.2 Å². The number of nitrogens with one attached hydrogen (secondary N) is 1. The van der Waals surface area contributed by atoms with E-state index in [1.54, 1.807) is 11.3 Å². The normalized spacial score (nSPS) is 17.2. The molecule has 1 atom stereocenters. The number of alkyl halides is 1. The van der Waals surface area contributed by atoms with Gasteiger partial charge >= 0.3 is 0 Å². The van der Waals surface area contributed by atoms with E-state index in [0.717, 1.165) is 17.3 Å². The third-order valence-corrected chi connectivity index (χ3v) is 5.20. The Hall–Kier alpha value is -0.350. The van der Waals surface area contributed by atoms with Crippen LogP contribution in [-0.4, -0.2) is 17.3 Å². The Morgan fingerprint density at radius 3 is 2.81 bits per heavy atom. The number of carbonyl (C=O) groups is 1. The average Bonchev–Trinajstić information content (AvgIpc) is 3.03. The first kappa shape index (κ1) is 12.1. The van der Waals surface area contributed by atoms with Crippen LogP contribution in [0.5, 0.6) is 0 Å². The summed E-state index contributed by atoms with van der Waals surface area (Å²) in [6.07, 6.45) is 2.59. The van der Waals surface area contributed by atoms with Crippen LogP contribution < -0.4 is 5.32 Å². The zero-order valence-electron chi connectivity index (χ0n) is 9.55. The van der Waals surface area contributed by atoms with Crippen molar-refractivity contribution >= 4 is 33.2 Å². The highest BCUT2D eigenvalue weighted by atomic mass is 79.9. The summed E-state index contributed by atoms with van der Waals surface area (Å²) in [6.45, 7) is 4.83. The van der Waals surface area contributed by atoms with Crippen molar-refractivity contribution in [3.8, 4) is 0 Å². The lowest BCUT2D eigenvalue weighted by Gasteiger charge is -2.08. The van der Waals surface area contributed by atoms with Crippen molar-refractivity contribution < 1.29 is 4.79 Å². The molecule has 0 spiro atoms. The number of halogens is 1. The maximum absolute atomic E-state index is 11.8. The lowest BCUT2D eigenvalue weighted by Crippen LogP contribution is -2.29. The molecule has 1 unspecified atom stereocenters. The molecule has 0 bridgehead atoms. The van der Waals surface area contributed by atoms with Crippen molar-refractivity contribution in [2.45, 2.75) is 31.5 Å². The molecule has 1 heterocycles. The molecule has 16 heavy (non-hydrogen) atoms. The molecule has 88 valence electrons. The molecule has 0 radical (unpaired) electrons. The molecule has 1 fully saturated rings. The van der Waals surface area contributed by atoms with Gasteiger partial charge in [-0.15, -0.1) is 11.3 Å². The molecule has 1 N–H and O–H groups in total. The zero-order valence-corrected chi connectivity index (χ0v) is 12.0. The molecule has 0 aliphatic heterocycles. The molecule has 0 aromatic carbocycles. The van der Waals surface area contributed by atoms with Gasteiger partial charge in [0.25, 0.3) is 5.91 Å². The fraction of sp³-hybridized carbons (Fsp3) is 0.583. The number of hydrogen-bond donors (Lipinski definition) is 1. The van der Waals surface area contributed by atoms with E-state index < -0.39 is 0 Å². The van der Waals surface area contributed by atoms with Crippen molar-refractivity contribution in [3.63, 3.8) is 0 Å². The molecular weight excluding hydrogens is 286 g/mol. The summed E-state index contributed by atoms with van der Waals surface area (Å²) in [4.78, 5) is 14.3. The summed E-state index contributed by atoms with van der Waals surface area (Å²) in [6, 6.07) is 1.97. The molecule has 4 heteroatoms. The minimum atomic E-state index is 0.0614. The van der Waals surface area contributed by atoms with Gasteiger partial charge in [0.15, 0.2) is 0 Å². The third-order valence-electron chi connectivity index (χ3n) is 2.98. The number of hydrogen-bond acceptors (Lipinski definition) is 2. The topological polar surface area (TPSA) is 29.1 Å². The number of thiophene rings is 1. The van der Waals surface area contributed by atoms with Crippen molar-refractivity contribution in [2.75, 3.05) is 6.54 Å². The summed E-state index contributed by atoms with van der Waals surface area (Å²) in [5, 5.41) is 2.99. The fourth-order valence-corrected chi connectivity index (χ4v) is 3.23. The smallest absolute Gasteiger partial charge is 0.261 e. The second-order valence-corrected chi connectivity index (χ2v) is 6.85. The van der Waals surface area contributed by atoms with Gasteiger partial charge in [0.05, 0.1) is 4.88 Å². The Balaban J connectivity index is 1.87. The monoisotopic (exact) mass is 301 g/mol.